The first kappa shape index (κ1) is 19.7. The third kappa shape index (κ3) is 3.92. The van der Waals surface area contributed by atoms with Crippen molar-refractivity contribution in [2.45, 2.75) is 26.9 Å². The minimum atomic E-state index is -0.109. The summed E-state index contributed by atoms with van der Waals surface area (Å²) in [6.45, 7) is 4.87. The van der Waals surface area contributed by atoms with Gasteiger partial charge in [-0.05, 0) is 36.8 Å². The van der Waals surface area contributed by atoms with Crippen LogP contribution in [0.5, 0.6) is 0 Å². The van der Waals surface area contributed by atoms with Gasteiger partial charge >= 0.3 is 0 Å². The van der Waals surface area contributed by atoms with Crippen molar-refractivity contribution in [3.63, 3.8) is 0 Å². The van der Waals surface area contributed by atoms with E-state index in [0.29, 0.717) is 13.1 Å². The fraction of sp³-hybridized carbons (Fsp3) is 0.200. The molecular formula is C25H25N3O2. The molecule has 0 spiro atoms. The number of anilines is 1. The van der Waals surface area contributed by atoms with Gasteiger partial charge in [0.25, 0.3) is 0 Å². The van der Waals surface area contributed by atoms with Crippen LogP contribution in [0.25, 0.3) is 21.8 Å². The number of hydrogen-bond acceptors (Lipinski definition) is 2. The molecule has 152 valence electrons. The molecule has 0 unspecified atom stereocenters. The van der Waals surface area contributed by atoms with Gasteiger partial charge in [0, 0.05) is 47.5 Å². The lowest BCUT2D eigenvalue weighted by molar-refractivity contribution is -0.132. The largest absolute Gasteiger partial charge is 0.337 e. The van der Waals surface area contributed by atoms with E-state index >= 15 is 0 Å². The number of fused-ring (bicyclic) bond motifs is 3. The van der Waals surface area contributed by atoms with Gasteiger partial charge in [-0.1, -0.05) is 48.5 Å². The smallest absolute Gasteiger partial charge is 0.242 e. The Morgan fingerprint density at radius 1 is 0.900 bits per heavy atom. The Balaban J connectivity index is 1.60. The van der Waals surface area contributed by atoms with Crippen LogP contribution in [0.2, 0.25) is 0 Å². The molecule has 30 heavy (non-hydrogen) atoms. The van der Waals surface area contributed by atoms with Crippen LogP contribution in [0.4, 0.5) is 5.69 Å². The lowest BCUT2D eigenvalue weighted by Crippen LogP contribution is -2.33. The Morgan fingerprint density at radius 2 is 1.53 bits per heavy atom. The molecule has 4 rings (SSSR count). The fourth-order valence-corrected chi connectivity index (χ4v) is 3.96. The molecule has 0 radical (unpaired) electrons. The number of carbonyl (C=O) groups excluding carboxylic acids is 2. The summed E-state index contributed by atoms with van der Waals surface area (Å²) >= 11 is 0. The highest BCUT2D eigenvalue weighted by molar-refractivity contribution is 6.08. The van der Waals surface area contributed by atoms with Crippen molar-refractivity contribution >= 4 is 39.3 Å². The first-order chi connectivity index (χ1) is 14.6. The van der Waals surface area contributed by atoms with Gasteiger partial charge in [-0.25, -0.2) is 0 Å². The number of carbonyl (C=O) groups is 2. The second-order valence-electron chi connectivity index (χ2n) is 7.41. The van der Waals surface area contributed by atoms with Crippen molar-refractivity contribution in [1.82, 2.24) is 9.47 Å². The molecule has 4 aromatic rings. The monoisotopic (exact) mass is 399 g/mol. The summed E-state index contributed by atoms with van der Waals surface area (Å²) in [5.41, 5.74) is 3.86. The predicted molar refractivity (Wildman–Crippen MR) is 121 cm³/mol. The van der Waals surface area contributed by atoms with Gasteiger partial charge in [0.05, 0.1) is 0 Å². The summed E-state index contributed by atoms with van der Waals surface area (Å²) in [4.78, 5) is 26.4. The summed E-state index contributed by atoms with van der Waals surface area (Å²) < 4.78 is 2.10. The number of hydrogen-bond donors (Lipinski definition) is 1. The molecular weight excluding hydrogens is 374 g/mol. The molecule has 0 saturated heterocycles. The molecule has 0 bridgehead atoms. The molecule has 3 aromatic carbocycles. The number of aromatic nitrogens is 1. The number of nitrogens with one attached hydrogen (secondary N) is 1. The van der Waals surface area contributed by atoms with Crippen molar-refractivity contribution < 1.29 is 9.59 Å². The van der Waals surface area contributed by atoms with E-state index in [4.69, 9.17) is 0 Å². The average Bonchev–Trinajstić information content (AvgIpc) is 3.06. The maximum Gasteiger partial charge on any atom is 0.242 e. The predicted octanol–water partition coefficient (Wildman–Crippen LogP) is 4.80. The van der Waals surface area contributed by atoms with Gasteiger partial charge in [-0.2, -0.15) is 0 Å². The number of rotatable bonds is 6. The first-order valence-electron chi connectivity index (χ1n) is 10.2. The zero-order chi connectivity index (χ0) is 21.1. The summed E-state index contributed by atoms with van der Waals surface area (Å²) in [5.74, 6) is -0.0455. The Hall–Kier alpha value is -3.60. The lowest BCUT2D eigenvalue weighted by Gasteiger charge is -2.22. The van der Waals surface area contributed by atoms with Gasteiger partial charge in [-0.15, -0.1) is 0 Å². The van der Waals surface area contributed by atoms with Crippen molar-refractivity contribution in [3.05, 3.63) is 78.4 Å². The van der Waals surface area contributed by atoms with E-state index in [0.717, 1.165) is 33.1 Å². The number of likely N-dealkylation sites (N-methyl/N-ethyl adjacent to an activating group) is 1. The number of para-hydroxylation sites is 2. The van der Waals surface area contributed by atoms with E-state index in [9.17, 15) is 9.59 Å². The molecule has 0 atom stereocenters. The summed E-state index contributed by atoms with van der Waals surface area (Å²) in [7, 11) is 0. The van der Waals surface area contributed by atoms with E-state index in [1.807, 2.05) is 60.4 Å². The summed E-state index contributed by atoms with van der Waals surface area (Å²) in [5, 5.41) is 5.11. The van der Waals surface area contributed by atoms with E-state index in [-0.39, 0.29) is 18.4 Å². The van der Waals surface area contributed by atoms with Crippen LogP contribution in [-0.4, -0.2) is 27.8 Å². The number of benzene rings is 3. The molecule has 1 N–H and O–H groups in total. The minimum Gasteiger partial charge on any atom is -0.337 e. The SMILES string of the molecule is CCN(Cc1cccc(NC(C)=O)c1)C(=O)Cn1c2ccccc2c2ccccc21. The maximum atomic E-state index is 13.2. The fourth-order valence-electron chi connectivity index (χ4n) is 3.96. The van der Waals surface area contributed by atoms with E-state index < -0.39 is 0 Å². The number of nitrogens with zero attached hydrogens (tertiary/aromatic N) is 2. The van der Waals surface area contributed by atoms with Crippen LogP contribution in [-0.2, 0) is 22.7 Å². The molecule has 5 nitrogen and oxygen atoms in total. The highest BCUT2D eigenvalue weighted by atomic mass is 16.2. The Kier molecular flexibility index (Phi) is 5.53. The molecule has 5 heteroatoms. The summed E-state index contributed by atoms with van der Waals surface area (Å²) in [6.07, 6.45) is 0. The topological polar surface area (TPSA) is 54.3 Å². The Bertz CT molecular complexity index is 1170. The normalized spacial score (nSPS) is 11.0. The van der Waals surface area contributed by atoms with E-state index in [1.54, 1.807) is 0 Å². The molecule has 1 aromatic heterocycles. The second-order valence-corrected chi connectivity index (χ2v) is 7.41. The lowest BCUT2D eigenvalue weighted by atomic mass is 10.2. The van der Waals surface area contributed by atoms with Crippen molar-refractivity contribution in [2.75, 3.05) is 11.9 Å². The standard InChI is InChI=1S/C25H25N3O2/c1-3-27(16-19-9-8-10-20(15-19)26-18(2)29)25(30)17-28-23-13-6-4-11-21(23)22-12-5-7-14-24(22)28/h4-15H,3,16-17H2,1-2H3,(H,26,29). The third-order valence-corrected chi connectivity index (χ3v) is 5.33. The van der Waals surface area contributed by atoms with Gasteiger partial charge < -0.3 is 14.8 Å². The van der Waals surface area contributed by atoms with Crippen LogP contribution >= 0.6 is 0 Å². The van der Waals surface area contributed by atoms with Gasteiger partial charge in [-0.3, -0.25) is 9.59 Å². The van der Waals surface area contributed by atoms with Crippen molar-refractivity contribution in [2.24, 2.45) is 0 Å². The molecule has 1 heterocycles. The molecule has 2 amide bonds. The molecule has 0 aliphatic carbocycles. The molecule has 0 saturated carbocycles. The maximum absolute atomic E-state index is 13.2. The van der Waals surface area contributed by atoms with Crippen molar-refractivity contribution in [3.8, 4) is 0 Å². The molecule has 0 fully saturated rings. The van der Waals surface area contributed by atoms with Crippen molar-refractivity contribution in [1.29, 1.82) is 0 Å². The summed E-state index contributed by atoms with van der Waals surface area (Å²) in [6, 6.07) is 24.0. The van der Waals surface area contributed by atoms with E-state index in [2.05, 4.69) is 34.1 Å². The first-order valence-corrected chi connectivity index (χ1v) is 10.2. The highest BCUT2D eigenvalue weighted by Gasteiger charge is 2.17. The molecule has 0 aliphatic rings. The minimum absolute atomic E-state index is 0.0638. The molecule has 0 aliphatic heterocycles. The quantitative estimate of drug-likeness (QED) is 0.506. The van der Waals surface area contributed by atoms with Gasteiger partial charge in [0.2, 0.25) is 11.8 Å². The zero-order valence-corrected chi connectivity index (χ0v) is 17.3. The second kappa shape index (κ2) is 8.41. The highest BCUT2D eigenvalue weighted by Crippen LogP contribution is 2.28. The van der Waals surface area contributed by atoms with Crippen LogP contribution < -0.4 is 5.32 Å². The van der Waals surface area contributed by atoms with Gasteiger partial charge in [0.15, 0.2) is 0 Å². The number of amides is 2. The Morgan fingerprint density at radius 3 is 2.13 bits per heavy atom. The van der Waals surface area contributed by atoms with E-state index in [1.165, 1.54) is 6.92 Å². The van der Waals surface area contributed by atoms with Crippen LogP contribution in [0, 0.1) is 0 Å². The van der Waals surface area contributed by atoms with Crippen LogP contribution in [0.15, 0.2) is 72.8 Å². The average molecular weight is 399 g/mol. The zero-order valence-electron chi connectivity index (χ0n) is 17.3. The third-order valence-electron chi connectivity index (χ3n) is 5.33. The Labute approximate surface area is 175 Å². The van der Waals surface area contributed by atoms with Crippen LogP contribution in [0.3, 0.4) is 0 Å². The van der Waals surface area contributed by atoms with Gasteiger partial charge in [0.1, 0.15) is 6.54 Å². The van der Waals surface area contributed by atoms with Crippen LogP contribution in [0.1, 0.15) is 19.4 Å².